The Morgan fingerprint density at radius 3 is 2.30 bits per heavy atom. The van der Waals surface area contributed by atoms with Crippen LogP contribution < -0.4 is 5.32 Å². The number of likely N-dealkylation sites (N-methyl/N-ethyl adjacent to an activating group) is 1. The molecule has 110 valence electrons. The van der Waals surface area contributed by atoms with Crippen LogP contribution >= 0.6 is 0 Å². The average molecular weight is 276 g/mol. The van der Waals surface area contributed by atoms with E-state index in [0.29, 0.717) is 5.56 Å². The van der Waals surface area contributed by atoms with Crippen LogP contribution in [0.3, 0.4) is 0 Å². The fourth-order valence-corrected chi connectivity index (χ4v) is 2.02. The van der Waals surface area contributed by atoms with Gasteiger partial charge in [0.1, 0.15) is 0 Å². The van der Waals surface area contributed by atoms with E-state index in [0.717, 1.165) is 30.5 Å². The maximum absolute atomic E-state index is 12.0. The fraction of sp³-hybridized carbons (Fsp3) is 0.500. The number of aryl methyl sites for hydroxylation is 2. The van der Waals surface area contributed by atoms with Gasteiger partial charge in [-0.3, -0.25) is 9.59 Å². The molecule has 0 aromatic heterocycles. The van der Waals surface area contributed by atoms with E-state index in [-0.39, 0.29) is 18.4 Å². The number of benzene rings is 1. The van der Waals surface area contributed by atoms with Crippen molar-refractivity contribution in [3.63, 3.8) is 0 Å². The van der Waals surface area contributed by atoms with E-state index in [1.165, 1.54) is 0 Å². The van der Waals surface area contributed by atoms with Crippen LogP contribution in [0.25, 0.3) is 0 Å². The molecule has 4 heteroatoms. The zero-order chi connectivity index (χ0) is 15.1. The van der Waals surface area contributed by atoms with E-state index in [1.54, 1.807) is 11.9 Å². The first kappa shape index (κ1) is 16.2. The van der Waals surface area contributed by atoms with Crippen molar-refractivity contribution < 1.29 is 9.59 Å². The van der Waals surface area contributed by atoms with Crippen LogP contribution in [-0.4, -0.2) is 36.9 Å². The Balaban J connectivity index is 2.52. The number of unbranched alkanes of at least 4 members (excludes halogenated alkanes) is 1. The van der Waals surface area contributed by atoms with Gasteiger partial charge in [-0.25, -0.2) is 0 Å². The van der Waals surface area contributed by atoms with Gasteiger partial charge >= 0.3 is 0 Å². The minimum Gasteiger partial charge on any atom is -0.344 e. The number of amides is 2. The molecule has 0 atom stereocenters. The van der Waals surface area contributed by atoms with Crippen LogP contribution in [0.2, 0.25) is 0 Å². The monoisotopic (exact) mass is 276 g/mol. The number of hydrogen-bond acceptors (Lipinski definition) is 2. The summed E-state index contributed by atoms with van der Waals surface area (Å²) in [5.41, 5.74) is 2.69. The number of nitrogens with one attached hydrogen (secondary N) is 1. The molecule has 0 spiro atoms. The molecule has 0 unspecified atom stereocenters. The Hall–Kier alpha value is -1.84. The summed E-state index contributed by atoms with van der Waals surface area (Å²) in [4.78, 5) is 25.5. The molecule has 2 amide bonds. The molecule has 0 aliphatic rings. The lowest BCUT2D eigenvalue weighted by atomic mass is 10.1. The second kappa shape index (κ2) is 7.68. The third kappa shape index (κ3) is 5.03. The molecule has 4 nitrogen and oxygen atoms in total. The van der Waals surface area contributed by atoms with Gasteiger partial charge in [0.2, 0.25) is 5.91 Å². The van der Waals surface area contributed by atoms with Gasteiger partial charge in [-0.15, -0.1) is 0 Å². The summed E-state index contributed by atoms with van der Waals surface area (Å²) in [5, 5.41) is 2.68. The number of rotatable bonds is 6. The highest BCUT2D eigenvalue weighted by Crippen LogP contribution is 2.08. The summed E-state index contributed by atoms with van der Waals surface area (Å²) >= 11 is 0. The largest absolute Gasteiger partial charge is 0.344 e. The molecule has 0 fully saturated rings. The zero-order valence-corrected chi connectivity index (χ0v) is 12.8. The van der Waals surface area contributed by atoms with Crippen molar-refractivity contribution in [2.24, 2.45) is 0 Å². The van der Waals surface area contributed by atoms with Crippen molar-refractivity contribution in [1.82, 2.24) is 10.2 Å². The molecule has 0 bridgehead atoms. The van der Waals surface area contributed by atoms with Crippen LogP contribution in [-0.2, 0) is 4.79 Å². The van der Waals surface area contributed by atoms with Gasteiger partial charge in [-0.05, 0) is 32.4 Å². The zero-order valence-electron chi connectivity index (χ0n) is 12.8. The van der Waals surface area contributed by atoms with Crippen LogP contribution in [0.15, 0.2) is 18.2 Å². The Morgan fingerprint density at radius 2 is 1.75 bits per heavy atom. The lowest BCUT2D eigenvalue weighted by Crippen LogP contribution is -2.38. The molecule has 0 heterocycles. The summed E-state index contributed by atoms with van der Waals surface area (Å²) in [6, 6.07) is 5.67. The highest BCUT2D eigenvalue weighted by molar-refractivity contribution is 5.96. The van der Waals surface area contributed by atoms with Crippen molar-refractivity contribution in [1.29, 1.82) is 0 Å². The molecule has 0 saturated heterocycles. The molecule has 0 radical (unpaired) electrons. The Morgan fingerprint density at radius 1 is 1.15 bits per heavy atom. The fourth-order valence-electron chi connectivity index (χ4n) is 2.02. The predicted octanol–water partition coefficient (Wildman–Crippen LogP) is 2.29. The minimum absolute atomic E-state index is 0.0477. The molecule has 1 N–H and O–H groups in total. The Kier molecular flexibility index (Phi) is 6.22. The maximum atomic E-state index is 12.0. The second-order valence-electron chi connectivity index (χ2n) is 5.23. The van der Waals surface area contributed by atoms with Gasteiger partial charge in [-0.2, -0.15) is 0 Å². The first-order chi connectivity index (χ1) is 9.43. The Labute approximate surface area is 121 Å². The van der Waals surface area contributed by atoms with E-state index < -0.39 is 0 Å². The van der Waals surface area contributed by atoms with E-state index >= 15 is 0 Å². The number of carbonyl (C=O) groups excluding carboxylic acids is 2. The lowest BCUT2D eigenvalue weighted by molar-refractivity contribution is -0.128. The van der Waals surface area contributed by atoms with Crippen molar-refractivity contribution in [2.75, 3.05) is 20.1 Å². The highest BCUT2D eigenvalue weighted by atomic mass is 16.2. The summed E-state index contributed by atoms with van der Waals surface area (Å²) in [5.74, 6) is -0.259. The standard InChI is InChI=1S/C16H24N2O2/c1-5-6-7-18(4)15(19)11-17-16(20)14-9-12(2)8-13(3)10-14/h8-10H,5-7,11H2,1-4H3,(H,17,20). The molecule has 0 aliphatic carbocycles. The van der Waals surface area contributed by atoms with E-state index in [2.05, 4.69) is 12.2 Å². The minimum atomic E-state index is -0.200. The predicted molar refractivity (Wildman–Crippen MR) is 80.8 cm³/mol. The number of hydrogen-bond donors (Lipinski definition) is 1. The molecular formula is C16H24N2O2. The molecule has 0 saturated carbocycles. The highest BCUT2D eigenvalue weighted by Gasteiger charge is 2.11. The third-order valence-corrected chi connectivity index (χ3v) is 3.16. The van der Waals surface area contributed by atoms with Gasteiger partial charge in [0.15, 0.2) is 0 Å². The first-order valence-corrected chi connectivity index (χ1v) is 7.04. The van der Waals surface area contributed by atoms with Gasteiger partial charge < -0.3 is 10.2 Å². The van der Waals surface area contributed by atoms with Crippen molar-refractivity contribution in [3.8, 4) is 0 Å². The van der Waals surface area contributed by atoms with Crippen molar-refractivity contribution in [2.45, 2.75) is 33.6 Å². The summed E-state index contributed by atoms with van der Waals surface area (Å²) in [7, 11) is 1.76. The SMILES string of the molecule is CCCCN(C)C(=O)CNC(=O)c1cc(C)cc(C)c1. The quantitative estimate of drug-likeness (QED) is 0.866. The topological polar surface area (TPSA) is 49.4 Å². The molecule has 1 aromatic rings. The normalized spacial score (nSPS) is 10.2. The molecule has 0 aliphatic heterocycles. The van der Waals surface area contributed by atoms with Crippen molar-refractivity contribution in [3.05, 3.63) is 34.9 Å². The van der Waals surface area contributed by atoms with E-state index in [4.69, 9.17) is 0 Å². The third-order valence-electron chi connectivity index (χ3n) is 3.16. The summed E-state index contributed by atoms with van der Waals surface area (Å²) in [6.07, 6.45) is 2.03. The lowest BCUT2D eigenvalue weighted by Gasteiger charge is -2.17. The smallest absolute Gasteiger partial charge is 0.251 e. The van der Waals surface area contributed by atoms with Crippen molar-refractivity contribution >= 4 is 11.8 Å². The summed E-state index contributed by atoms with van der Waals surface area (Å²) in [6.45, 7) is 6.77. The summed E-state index contributed by atoms with van der Waals surface area (Å²) < 4.78 is 0. The molecular weight excluding hydrogens is 252 g/mol. The van der Waals surface area contributed by atoms with Crippen LogP contribution in [0.4, 0.5) is 0 Å². The van der Waals surface area contributed by atoms with Gasteiger partial charge in [0.25, 0.3) is 5.91 Å². The van der Waals surface area contributed by atoms with E-state index in [9.17, 15) is 9.59 Å². The van der Waals surface area contributed by atoms with Crippen LogP contribution in [0, 0.1) is 13.8 Å². The van der Waals surface area contributed by atoms with Gasteiger partial charge in [-0.1, -0.05) is 30.5 Å². The number of nitrogens with zero attached hydrogens (tertiary/aromatic N) is 1. The second-order valence-corrected chi connectivity index (χ2v) is 5.23. The van der Waals surface area contributed by atoms with Gasteiger partial charge in [0, 0.05) is 19.2 Å². The number of carbonyl (C=O) groups is 2. The average Bonchev–Trinajstić information content (AvgIpc) is 2.40. The van der Waals surface area contributed by atoms with Crippen LogP contribution in [0.1, 0.15) is 41.3 Å². The molecule has 1 rings (SSSR count). The van der Waals surface area contributed by atoms with E-state index in [1.807, 2.05) is 32.0 Å². The molecule has 1 aromatic carbocycles. The Bertz CT molecular complexity index is 463. The first-order valence-electron chi connectivity index (χ1n) is 7.04. The van der Waals surface area contributed by atoms with Crippen LogP contribution in [0.5, 0.6) is 0 Å². The maximum Gasteiger partial charge on any atom is 0.251 e. The van der Waals surface area contributed by atoms with Gasteiger partial charge in [0.05, 0.1) is 6.54 Å². The molecule has 20 heavy (non-hydrogen) atoms.